The monoisotopic (exact) mass is 192 g/mol. The quantitative estimate of drug-likeness (QED) is 0.621. The number of nitrogens with zero attached hydrogens (tertiary/aromatic N) is 1. The van der Waals surface area contributed by atoms with E-state index in [0.29, 0.717) is 0 Å². The van der Waals surface area contributed by atoms with Crippen molar-refractivity contribution in [2.24, 2.45) is 0 Å². The molecule has 0 atom stereocenters. The number of hydrogen-bond acceptors (Lipinski definition) is 1. The van der Waals surface area contributed by atoms with E-state index < -0.39 is 17.9 Å². The number of allylic oxidation sites excluding steroid dienone is 2. The zero-order valence-corrected chi connectivity index (χ0v) is 6.77. The van der Waals surface area contributed by atoms with Gasteiger partial charge in [0.15, 0.2) is 0 Å². The molecule has 0 aliphatic carbocycles. The number of nitrogens with one attached hydrogen (secondary N) is 1. The van der Waals surface area contributed by atoms with Gasteiger partial charge in [-0.1, -0.05) is 6.58 Å². The second kappa shape index (κ2) is 2.79. The van der Waals surface area contributed by atoms with Gasteiger partial charge in [-0.3, -0.25) is 4.90 Å². The van der Waals surface area contributed by atoms with Crippen LogP contribution in [0.4, 0.5) is 18.0 Å². The Hall–Kier alpha value is -1.46. The van der Waals surface area contributed by atoms with Gasteiger partial charge in [0.2, 0.25) is 0 Å². The lowest BCUT2D eigenvalue weighted by Gasteiger charge is -2.25. The van der Waals surface area contributed by atoms with E-state index in [2.05, 4.69) is 6.58 Å². The minimum atomic E-state index is -4.54. The van der Waals surface area contributed by atoms with Crippen LogP contribution in [0, 0.1) is 0 Å². The average Bonchev–Trinajstić information content (AvgIpc) is 1.97. The summed E-state index contributed by atoms with van der Waals surface area (Å²) >= 11 is 0. The van der Waals surface area contributed by atoms with E-state index in [0.717, 1.165) is 11.0 Å². The number of alkyl halides is 3. The molecular weight excluding hydrogens is 185 g/mol. The van der Waals surface area contributed by atoms with Crippen molar-refractivity contribution < 1.29 is 18.0 Å². The fourth-order valence-electron chi connectivity index (χ4n) is 0.782. The Kier molecular flexibility index (Phi) is 2.07. The van der Waals surface area contributed by atoms with Crippen molar-refractivity contribution in [1.29, 1.82) is 0 Å². The summed E-state index contributed by atoms with van der Waals surface area (Å²) in [5.41, 5.74) is -1.07. The van der Waals surface area contributed by atoms with Crippen LogP contribution >= 0.6 is 0 Å². The van der Waals surface area contributed by atoms with E-state index in [1.54, 1.807) is 5.32 Å². The van der Waals surface area contributed by atoms with Crippen LogP contribution in [0.15, 0.2) is 24.0 Å². The highest BCUT2D eigenvalue weighted by Crippen LogP contribution is 2.27. The third kappa shape index (κ3) is 1.82. The highest BCUT2D eigenvalue weighted by molar-refractivity contribution is 5.80. The molecule has 1 aliphatic heterocycles. The fraction of sp³-hybridized carbons (Fsp3) is 0.286. The molecule has 0 aromatic carbocycles. The zero-order valence-electron chi connectivity index (χ0n) is 6.77. The lowest BCUT2D eigenvalue weighted by atomic mass is 10.2. The second-order valence-electron chi connectivity index (χ2n) is 2.54. The fourth-order valence-corrected chi connectivity index (χ4v) is 0.782. The zero-order chi connectivity index (χ0) is 10.2. The van der Waals surface area contributed by atoms with E-state index in [1.807, 2.05) is 0 Å². The first-order valence-electron chi connectivity index (χ1n) is 3.35. The number of urea groups is 1. The molecule has 1 aliphatic rings. The first-order valence-corrected chi connectivity index (χ1v) is 3.35. The third-order valence-corrected chi connectivity index (χ3v) is 1.59. The Morgan fingerprint density at radius 3 is 2.46 bits per heavy atom. The summed E-state index contributed by atoms with van der Waals surface area (Å²) < 4.78 is 36.2. The molecule has 0 radical (unpaired) electrons. The van der Waals surface area contributed by atoms with Crippen LogP contribution < -0.4 is 5.32 Å². The molecule has 0 fully saturated rings. The molecule has 1 rings (SSSR count). The van der Waals surface area contributed by atoms with Gasteiger partial charge in [-0.05, 0) is 6.08 Å². The lowest BCUT2D eigenvalue weighted by Crippen LogP contribution is -2.43. The number of amides is 2. The summed E-state index contributed by atoms with van der Waals surface area (Å²) in [6.07, 6.45) is -3.76. The smallest absolute Gasteiger partial charge is 0.303 e. The van der Waals surface area contributed by atoms with Crippen molar-refractivity contribution >= 4 is 6.03 Å². The second-order valence-corrected chi connectivity index (χ2v) is 2.54. The van der Waals surface area contributed by atoms with Crippen LogP contribution in [0.25, 0.3) is 0 Å². The predicted molar refractivity (Wildman–Crippen MR) is 39.6 cm³/mol. The number of likely N-dealkylation sites (N-methyl/N-ethyl adjacent to an activating group) is 1. The first kappa shape index (κ1) is 9.63. The summed E-state index contributed by atoms with van der Waals surface area (Å²) in [6.45, 7) is 3.30. The molecule has 1 N–H and O–H groups in total. The molecule has 0 aromatic rings. The lowest BCUT2D eigenvalue weighted by molar-refractivity contribution is -0.0963. The molecule has 0 spiro atoms. The molecule has 3 nitrogen and oxygen atoms in total. The minimum Gasteiger partial charge on any atom is -0.303 e. The standard InChI is InChI=1S/C7H7F3N2O/c1-4-3-5(7(8,9)10)11-6(13)12(4)2/h3H,1H2,2H3,(H,11,13). The largest absolute Gasteiger partial charge is 0.431 e. The van der Waals surface area contributed by atoms with Gasteiger partial charge in [0, 0.05) is 12.7 Å². The van der Waals surface area contributed by atoms with Gasteiger partial charge in [0.05, 0.1) is 0 Å². The maximum absolute atomic E-state index is 12.1. The summed E-state index contributed by atoms with van der Waals surface area (Å²) in [7, 11) is 1.33. The Morgan fingerprint density at radius 2 is 2.08 bits per heavy atom. The molecule has 0 bridgehead atoms. The van der Waals surface area contributed by atoms with E-state index in [-0.39, 0.29) is 5.70 Å². The topological polar surface area (TPSA) is 32.3 Å². The van der Waals surface area contributed by atoms with E-state index in [1.165, 1.54) is 7.05 Å². The van der Waals surface area contributed by atoms with Crippen LogP contribution in [0.5, 0.6) is 0 Å². The maximum atomic E-state index is 12.1. The average molecular weight is 192 g/mol. The van der Waals surface area contributed by atoms with Gasteiger partial charge in [-0.15, -0.1) is 0 Å². The Morgan fingerprint density at radius 1 is 1.54 bits per heavy atom. The Balaban J connectivity index is 2.99. The summed E-state index contributed by atoms with van der Waals surface area (Å²) in [5, 5.41) is 1.70. The third-order valence-electron chi connectivity index (χ3n) is 1.59. The molecular formula is C7H7F3N2O. The molecule has 0 unspecified atom stereocenters. The molecule has 72 valence electrons. The molecule has 0 saturated carbocycles. The van der Waals surface area contributed by atoms with Gasteiger partial charge < -0.3 is 5.32 Å². The number of carbonyl (C=O) groups excluding carboxylic acids is 1. The molecule has 0 aromatic heterocycles. The molecule has 6 heteroatoms. The van der Waals surface area contributed by atoms with Gasteiger partial charge >= 0.3 is 12.2 Å². The van der Waals surface area contributed by atoms with Crippen molar-refractivity contribution in [2.45, 2.75) is 6.18 Å². The molecule has 0 saturated heterocycles. The van der Waals surface area contributed by atoms with Gasteiger partial charge in [-0.25, -0.2) is 4.79 Å². The van der Waals surface area contributed by atoms with Crippen LogP contribution in [-0.2, 0) is 0 Å². The van der Waals surface area contributed by atoms with Gasteiger partial charge in [0.25, 0.3) is 0 Å². The van der Waals surface area contributed by atoms with Crippen molar-refractivity contribution in [3.05, 3.63) is 24.0 Å². The van der Waals surface area contributed by atoms with Crippen molar-refractivity contribution in [3.63, 3.8) is 0 Å². The number of rotatable bonds is 0. The summed E-state index contributed by atoms with van der Waals surface area (Å²) in [5.74, 6) is 0. The maximum Gasteiger partial charge on any atom is 0.431 e. The van der Waals surface area contributed by atoms with E-state index in [4.69, 9.17) is 0 Å². The summed E-state index contributed by atoms with van der Waals surface area (Å²) in [6, 6.07) is -0.833. The van der Waals surface area contributed by atoms with Crippen LogP contribution in [-0.4, -0.2) is 24.2 Å². The molecule has 13 heavy (non-hydrogen) atoms. The van der Waals surface area contributed by atoms with Crippen LogP contribution in [0.1, 0.15) is 0 Å². The van der Waals surface area contributed by atoms with Crippen molar-refractivity contribution in [2.75, 3.05) is 7.05 Å². The SMILES string of the molecule is C=C1C=C(C(F)(F)F)NC(=O)N1C. The van der Waals surface area contributed by atoms with Crippen LogP contribution in [0.2, 0.25) is 0 Å². The highest BCUT2D eigenvalue weighted by Gasteiger charge is 2.38. The highest BCUT2D eigenvalue weighted by atomic mass is 19.4. The van der Waals surface area contributed by atoms with Crippen molar-refractivity contribution in [3.8, 4) is 0 Å². The molecule has 2 amide bonds. The minimum absolute atomic E-state index is 0.0103. The number of halogens is 3. The van der Waals surface area contributed by atoms with Crippen LogP contribution in [0.3, 0.4) is 0 Å². The number of hydrogen-bond donors (Lipinski definition) is 1. The van der Waals surface area contributed by atoms with E-state index >= 15 is 0 Å². The predicted octanol–water partition coefficient (Wildman–Crippen LogP) is 1.60. The first-order chi connectivity index (χ1) is 5.82. The van der Waals surface area contributed by atoms with Crippen molar-refractivity contribution in [1.82, 2.24) is 10.2 Å². The Bertz CT molecular complexity index is 293. The van der Waals surface area contributed by atoms with E-state index in [9.17, 15) is 18.0 Å². The molecule has 1 heterocycles. The van der Waals surface area contributed by atoms with Gasteiger partial charge in [-0.2, -0.15) is 13.2 Å². The normalized spacial score (nSPS) is 18.5. The van der Waals surface area contributed by atoms with Gasteiger partial charge in [0.1, 0.15) is 5.70 Å². The summed E-state index contributed by atoms with van der Waals surface area (Å²) in [4.78, 5) is 11.9. The Labute approximate surface area is 72.5 Å². The number of carbonyl (C=O) groups is 1.